The maximum atomic E-state index is 12.3. The molecule has 7 nitrogen and oxygen atoms in total. The van der Waals surface area contributed by atoms with Gasteiger partial charge in [-0.3, -0.25) is 4.79 Å². The Kier molecular flexibility index (Phi) is 3.14. The monoisotopic (exact) mass is 265 g/mol. The van der Waals surface area contributed by atoms with Gasteiger partial charge in [0.15, 0.2) is 0 Å². The molecule has 2 aliphatic rings. The minimum atomic E-state index is -0.162. The summed E-state index contributed by atoms with van der Waals surface area (Å²) >= 11 is 0. The van der Waals surface area contributed by atoms with E-state index in [1.807, 2.05) is 4.90 Å². The molecule has 0 aromatic carbocycles. The Morgan fingerprint density at radius 1 is 1.37 bits per heavy atom. The van der Waals surface area contributed by atoms with Crippen molar-refractivity contribution < 1.29 is 9.42 Å². The predicted molar refractivity (Wildman–Crippen MR) is 68.4 cm³/mol. The number of rotatable bonds is 1. The van der Waals surface area contributed by atoms with Crippen LogP contribution in [0.5, 0.6) is 0 Å². The smallest absolute Gasteiger partial charge is 0.280 e. The van der Waals surface area contributed by atoms with Gasteiger partial charge in [0.1, 0.15) is 0 Å². The zero-order valence-corrected chi connectivity index (χ0v) is 11.1. The van der Waals surface area contributed by atoms with Gasteiger partial charge in [0.05, 0.1) is 0 Å². The third-order valence-corrected chi connectivity index (χ3v) is 4.35. The second kappa shape index (κ2) is 4.80. The summed E-state index contributed by atoms with van der Waals surface area (Å²) < 4.78 is 4.50. The first kappa shape index (κ1) is 12.4. The molecule has 2 atom stereocenters. The van der Waals surface area contributed by atoms with E-state index in [2.05, 4.69) is 26.9 Å². The van der Waals surface area contributed by atoms with Crippen molar-refractivity contribution in [3.63, 3.8) is 0 Å². The molecule has 1 amide bonds. The lowest BCUT2D eigenvalue weighted by Gasteiger charge is -2.45. The number of hydrogen-bond acceptors (Lipinski definition) is 6. The SMILES string of the molecule is CN1CCCC2CN(C(=O)c3nonc3N)CCC21. The van der Waals surface area contributed by atoms with Crippen molar-refractivity contribution in [1.82, 2.24) is 20.1 Å². The third-order valence-electron chi connectivity index (χ3n) is 4.35. The highest BCUT2D eigenvalue weighted by molar-refractivity contribution is 5.96. The Labute approximate surface area is 111 Å². The van der Waals surface area contributed by atoms with Crippen LogP contribution in [0.3, 0.4) is 0 Å². The van der Waals surface area contributed by atoms with E-state index in [1.165, 1.54) is 12.8 Å². The zero-order chi connectivity index (χ0) is 13.4. The van der Waals surface area contributed by atoms with E-state index in [9.17, 15) is 4.79 Å². The number of nitrogens with zero attached hydrogens (tertiary/aromatic N) is 4. The second-order valence-electron chi connectivity index (χ2n) is 5.49. The van der Waals surface area contributed by atoms with Gasteiger partial charge < -0.3 is 15.5 Å². The van der Waals surface area contributed by atoms with Crippen LogP contribution >= 0.6 is 0 Å². The third kappa shape index (κ3) is 2.18. The molecule has 2 unspecified atom stereocenters. The van der Waals surface area contributed by atoms with Crippen LogP contribution < -0.4 is 5.73 Å². The number of nitrogens with two attached hydrogens (primary N) is 1. The van der Waals surface area contributed by atoms with Crippen LogP contribution in [0.2, 0.25) is 0 Å². The molecule has 0 radical (unpaired) electrons. The van der Waals surface area contributed by atoms with Gasteiger partial charge >= 0.3 is 0 Å². The minimum absolute atomic E-state index is 0.0767. The van der Waals surface area contributed by atoms with Gasteiger partial charge in [-0.25, -0.2) is 4.63 Å². The van der Waals surface area contributed by atoms with Crippen molar-refractivity contribution in [2.45, 2.75) is 25.3 Å². The summed E-state index contributed by atoms with van der Waals surface area (Å²) in [5.41, 5.74) is 5.72. The van der Waals surface area contributed by atoms with Crippen LogP contribution in [0.25, 0.3) is 0 Å². The number of piperidine rings is 2. The van der Waals surface area contributed by atoms with Gasteiger partial charge in [0.25, 0.3) is 5.91 Å². The quantitative estimate of drug-likeness (QED) is 0.780. The number of hydrogen-bond donors (Lipinski definition) is 1. The Hall–Kier alpha value is -1.63. The molecule has 0 saturated carbocycles. The number of anilines is 1. The van der Waals surface area contributed by atoms with Crippen LogP contribution in [0, 0.1) is 5.92 Å². The number of carbonyl (C=O) groups is 1. The molecule has 19 heavy (non-hydrogen) atoms. The number of nitrogen functional groups attached to an aromatic ring is 1. The number of carbonyl (C=O) groups excluding carboxylic acids is 1. The minimum Gasteiger partial charge on any atom is -0.379 e. The molecule has 2 N–H and O–H groups in total. The van der Waals surface area contributed by atoms with Crippen molar-refractivity contribution >= 4 is 11.7 Å². The molecule has 2 saturated heterocycles. The summed E-state index contributed by atoms with van der Waals surface area (Å²) in [5, 5.41) is 7.06. The number of fused-ring (bicyclic) bond motifs is 1. The van der Waals surface area contributed by atoms with Crippen molar-refractivity contribution in [2.75, 3.05) is 32.4 Å². The van der Waals surface area contributed by atoms with Crippen molar-refractivity contribution in [1.29, 1.82) is 0 Å². The van der Waals surface area contributed by atoms with Gasteiger partial charge in [-0.1, -0.05) is 0 Å². The van der Waals surface area contributed by atoms with E-state index in [0.717, 1.165) is 26.1 Å². The summed E-state index contributed by atoms with van der Waals surface area (Å²) in [4.78, 5) is 16.6. The second-order valence-corrected chi connectivity index (χ2v) is 5.49. The molecule has 7 heteroatoms. The van der Waals surface area contributed by atoms with Crippen molar-refractivity contribution in [3.8, 4) is 0 Å². The lowest BCUT2D eigenvalue weighted by Crippen LogP contribution is -2.54. The summed E-state index contributed by atoms with van der Waals surface area (Å²) in [7, 11) is 2.17. The molecule has 104 valence electrons. The van der Waals surface area contributed by atoms with Gasteiger partial charge in [-0.2, -0.15) is 0 Å². The molecule has 3 rings (SSSR count). The molecule has 1 aromatic heterocycles. The maximum absolute atomic E-state index is 12.3. The lowest BCUT2D eigenvalue weighted by molar-refractivity contribution is 0.0311. The Bertz CT molecular complexity index is 474. The van der Waals surface area contributed by atoms with E-state index in [-0.39, 0.29) is 17.4 Å². The van der Waals surface area contributed by atoms with E-state index < -0.39 is 0 Å². The molecule has 2 fully saturated rings. The molecular formula is C12H19N5O2. The summed E-state index contributed by atoms with van der Waals surface area (Å²) in [6.07, 6.45) is 3.40. The molecular weight excluding hydrogens is 246 g/mol. The van der Waals surface area contributed by atoms with E-state index in [4.69, 9.17) is 5.73 Å². The van der Waals surface area contributed by atoms with Crippen molar-refractivity contribution in [2.24, 2.45) is 5.92 Å². The van der Waals surface area contributed by atoms with Gasteiger partial charge in [0, 0.05) is 19.1 Å². The van der Waals surface area contributed by atoms with Crippen LogP contribution in [-0.2, 0) is 0 Å². The molecule has 1 aromatic rings. The lowest BCUT2D eigenvalue weighted by atomic mass is 9.84. The maximum Gasteiger partial charge on any atom is 0.280 e. The molecule has 0 spiro atoms. The Morgan fingerprint density at radius 2 is 2.21 bits per heavy atom. The fourth-order valence-corrected chi connectivity index (χ4v) is 3.33. The first-order chi connectivity index (χ1) is 9.16. The zero-order valence-electron chi connectivity index (χ0n) is 11.1. The van der Waals surface area contributed by atoms with Gasteiger partial charge in [-0.15, -0.1) is 0 Å². The highest BCUT2D eigenvalue weighted by atomic mass is 16.6. The average Bonchev–Trinajstić information content (AvgIpc) is 2.84. The van der Waals surface area contributed by atoms with Crippen molar-refractivity contribution in [3.05, 3.63) is 5.69 Å². The fraction of sp³-hybridized carbons (Fsp3) is 0.750. The van der Waals surface area contributed by atoms with Crippen LogP contribution in [0.15, 0.2) is 4.63 Å². The average molecular weight is 265 g/mol. The Balaban J connectivity index is 1.71. The van der Waals surface area contributed by atoms with E-state index in [1.54, 1.807) is 0 Å². The first-order valence-corrected chi connectivity index (χ1v) is 6.74. The Morgan fingerprint density at radius 3 is 2.95 bits per heavy atom. The summed E-state index contributed by atoms with van der Waals surface area (Å²) in [6, 6.07) is 0.602. The largest absolute Gasteiger partial charge is 0.379 e. The standard InChI is InChI=1S/C12H19N5O2/c1-16-5-2-3-8-7-17(6-4-9(8)16)12(18)10-11(13)15-19-14-10/h8-9H,2-7H2,1H3,(H2,13,15). The van der Waals surface area contributed by atoms with E-state index in [0.29, 0.717) is 12.0 Å². The molecule has 0 aliphatic carbocycles. The molecule has 2 aliphatic heterocycles. The molecule has 3 heterocycles. The molecule has 0 bridgehead atoms. The van der Waals surface area contributed by atoms with Crippen LogP contribution in [0.4, 0.5) is 5.82 Å². The summed E-state index contributed by atoms with van der Waals surface area (Å²) in [6.45, 7) is 2.69. The highest BCUT2D eigenvalue weighted by Crippen LogP contribution is 2.30. The van der Waals surface area contributed by atoms with Gasteiger partial charge in [0.2, 0.25) is 11.5 Å². The normalized spacial score (nSPS) is 28.2. The fourth-order valence-electron chi connectivity index (χ4n) is 3.33. The topological polar surface area (TPSA) is 88.5 Å². The van der Waals surface area contributed by atoms with E-state index >= 15 is 0 Å². The van der Waals surface area contributed by atoms with Gasteiger partial charge in [-0.05, 0) is 49.1 Å². The predicted octanol–water partition coefficient (Wildman–Crippen LogP) is 0.208. The number of likely N-dealkylation sites (tertiary alicyclic amines) is 2. The highest BCUT2D eigenvalue weighted by Gasteiger charge is 2.37. The summed E-state index contributed by atoms with van der Waals surface area (Å²) in [5.74, 6) is 0.468. The van der Waals surface area contributed by atoms with Crippen LogP contribution in [0.1, 0.15) is 29.8 Å². The van der Waals surface area contributed by atoms with Crippen LogP contribution in [-0.4, -0.2) is 58.7 Å². The number of amides is 1. The first-order valence-electron chi connectivity index (χ1n) is 6.74. The number of aromatic nitrogens is 2.